The van der Waals surface area contributed by atoms with Gasteiger partial charge in [-0.05, 0) is 36.4 Å². The summed E-state index contributed by atoms with van der Waals surface area (Å²) in [5, 5.41) is 22.0. The maximum atomic E-state index is 11.7. The fourth-order valence-electron chi connectivity index (χ4n) is 2.35. The van der Waals surface area contributed by atoms with Crippen molar-refractivity contribution < 1.29 is 38.6 Å². The number of carboxylic acid groups (broad SMARTS) is 2. The number of aromatic carboxylic acids is 2. The molecule has 1 fully saturated rings. The van der Waals surface area contributed by atoms with E-state index in [0.717, 1.165) is 12.1 Å². The topological polar surface area (TPSA) is 163 Å². The zero-order valence-electron chi connectivity index (χ0n) is 13.3. The van der Waals surface area contributed by atoms with Crippen molar-refractivity contribution in [3.8, 4) is 11.3 Å². The Labute approximate surface area is 150 Å². The van der Waals surface area contributed by atoms with Crippen LogP contribution in [0.25, 0.3) is 17.4 Å². The van der Waals surface area contributed by atoms with E-state index in [9.17, 15) is 24.0 Å². The van der Waals surface area contributed by atoms with Gasteiger partial charge >= 0.3 is 18.0 Å². The van der Waals surface area contributed by atoms with Crippen LogP contribution < -0.4 is 10.6 Å². The summed E-state index contributed by atoms with van der Waals surface area (Å²) in [6.07, 6.45) is 1.10. The maximum absolute atomic E-state index is 11.7. The molecule has 1 aliphatic heterocycles. The van der Waals surface area contributed by atoms with Gasteiger partial charge in [0.25, 0.3) is 11.8 Å². The quantitative estimate of drug-likeness (QED) is 0.459. The third-order valence-corrected chi connectivity index (χ3v) is 3.57. The zero-order valence-corrected chi connectivity index (χ0v) is 13.3. The van der Waals surface area contributed by atoms with Crippen LogP contribution in [0.15, 0.2) is 40.3 Å². The highest BCUT2D eigenvalue weighted by molar-refractivity contribution is 6.31. The van der Waals surface area contributed by atoms with Crippen LogP contribution in [0.4, 0.5) is 4.79 Å². The minimum Gasteiger partial charge on any atom is -0.478 e. The molecule has 0 unspecified atom stereocenters. The number of rotatable bonds is 4. The van der Waals surface area contributed by atoms with Gasteiger partial charge in [-0.2, -0.15) is 0 Å². The summed E-state index contributed by atoms with van der Waals surface area (Å²) >= 11 is 0. The summed E-state index contributed by atoms with van der Waals surface area (Å²) in [7, 11) is 0. The molecule has 10 heteroatoms. The van der Waals surface area contributed by atoms with Crippen LogP contribution in [-0.4, -0.2) is 40.0 Å². The molecule has 4 N–H and O–H groups in total. The second-order valence-corrected chi connectivity index (χ2v) is 5.41. The van der Waals surface area contributed by atoms with Crippen molar-refractivity contribution in [2.24, 2.45) is 0 Å². The first-order valence-corrected chi connectivity index (χ1v) is 7.35. The molecular weight excluding hydrogens is 360 g/mol. The molecule has 2 aromatic rings. The van der Waals surface area contributed by atoms with E-state index in [4.69, 9.17) is 14.6 Å². The van der Waals surface area contributed by atoms with Gasteiger partial charge in [0.1, 0.15) is 17.1 Å². The van der Waals surface area contributed by atoms with E-state index in [1.165, 1.54) is 24.3 Å². The van der Waals surface area contributed by atoms with Crippen molar-refractivity contribution in [1.29, 1.82) is 0 Å². The normalized spacial score (nSPS) is 13.8. The van der Waals surface area contributed by atoms with Gasteiger partial charge in [-0.15, -0.1) is 0 Å². The summed E-state index contributed by atoms with van der Waals surface area (Å²) in [5.41, 5.74) is -0.665. The monoisotopic (exact) mass is 370 g/mol. The van der Waals surface area contributed by atoms with Crippen LogP contribution >= 0.6 is 0 Å². The number of hydrogen-bond acceptors (Lipinski definition) is 6. The minimum absolute atomic E-state index is 0.0669. The number of imide groups is 2. The van der Waals surface area contributed by atoms with Crippen LogP contribution in [0.1, 0.15) is 26.5 Å². The fraction of sp³-hybridized carbons (Fsp3) is 0. The highest BCUT2D eigenvalue weighted by Gasteiger charge is 2.28. The van der Waals surface area contributed by atoms with Crippen LogP contribution in [0.5, 0.6) is 0 Å². The molecule has 27 heavy (non-hydrogen) atoms. The van der Waals surface area contributed by atoms with E-state index in [1.807, 2.05) is 10.6 Å². The number of carbonyl (C=O) groups excluding carboxylic acids is 3. The first kappa shape index (κ1) is 17.6. The number of barbiturate groups is 1. The van der Waals surface area contributed by atoms with Gasteiger partial charge in [0, 0.05) is 5.56 Å². The Morgan fingerprint density at radius 1 is 0.889 bits per heavy atom. The molecule has 0 radical (unpaired) electrons. The number of amides is 4. The highest BCUT2D eigenvalue weighted by Crippen LogP contribution is 2.26. The SMILES string of the molecule is O=C1NC(=O)C(=Cc2ccc(-c3cc(C(=O)O)cc(C(=O)O)c3)o2)C(=O)N1. The number of carbonyl (C=O) groups is 5. The Bertz CT molecular complexity index is 993. The Balaban J connectivity index is 1.99. The minimum atomic E-state index is -1.31. The summed E-state index contributed by atoms with van der Waals surface area (Å²) in [6.45, 7) is 0. The highest BCUT2D eigenvalue weighted by atomic mass is 16.4. The van der Waals surface area contributed by atoms with E-state index < -0.39 is 29.8 Å². The third-order valence-electron chi connectivity index (χ3n) is 3.57. The molecule has 2 heterocycles. The molecular formula is C17H10N2O8. The summed E-state index contributed by atoms with van der Waals surface area (Å²) in [6, 6.07) is 5.34. The Kier molecular flexibility index (Phi) is 4.30. The number of urea groups is 1. The van der Waals surface area contributed by atoms with E-state index in [1.54, 1.807) is 0 Å². The third kappa shape index (κ3) is 3.58. The van der Waals surface area contributed by atoms with Gasteiger partial charge in [-0.25, -0.2) is 14.4 Å². The molecule has 0 atom stereocenters. The number of benzene rings is 1. The lowest BCUT2D eigenvalue weighted by atomic mass is 10.0. The van der Waals surface area contributed by atoms with Crippen molar-refractivity contribution in [2.75, 3.05) is 0 Å². The lowest BCUT2D eigenvalue weighted by molar-refractivity contribution is -0.123. The first-order valence-electron chi connectivity index (χ1n) is 7.35. The number of nitrogens with one attached hydrogen (secondary N) is 2. The van der Waals surface area contributed by atoms with Crippen molar-refractivity contribution in [2.45, 2.75) is 0 Å². The lowest BCUT2D eigenvalue weighted by Gasteiger charge is -2.13. The molecule has 1 aliphatic rings. The molecule has 1 aromatic carbocycles. The summed E-state index contributed by atoms with van der Waals surface area (Å²) < 4.78 is 5.46. The van der Waals surface area contributed by atoms with Crippen molar-refractivity contribution in [1.82, 2.24) is 10.6 Å². The maximum Gasteiger partial charge on any atom is 0.335 e. The van der Waals surface area contributed by atoms with Crippen LogP contribution in [0.2, 0.25) is 0 Å². The first-order chi connectivity index (χ1) is 12.7. The molecule has 1 aromatic heterocycles. The van der Waals surface area contributed by atoms with Gasteiger partial charge in [-0.1, -0.05) is 0 Å². The Morgan fingerprint density at radius 2 is 1.44 bits per heavy atom. The van der Waals surface area contributed by atoms with Gasteiger partial charge in [-0.3, -0.25) is 20.2 Å². The van der Waals surface area contributed by atoms with E-state index in [2.05, 4.69) is 0 Å². The van der Waals surface area contributed by atoms with Crippen molar-refractivity contribution in [3.63, 3.8) is 0 Å². The zero-order chi connectivity index (χ0) is 19.7. The van der Waals surface area contributed by atoms with Gasteiger partial charge in [0.05, 0.1) is 11.1 Å². The molecule has 136 valence electrons. The van der Waals surface area contributed by atoms with E-state index in [0.29, 0.717) is 0 Å². The number of hydrogen-bond donors (Lipinski definition) is 4. The van der Waals surface area contributed by atoms with Gasteiger partial charge in [0.2, 0.25) is 0 Å². The van der Waals surface area contributed by atoms with Gasteiger partial charge in [0.15, 0.2) is 0 Å². The predicted octanol–water partition coefficient (Wildman–Crippen LogP) is 1.09. The average molecular weight is 370 g/mol. The van der Waals surface area contributed by atoms with E-state index in [-0.39, 0.29) is 33.8 Å². The summed E-state index contributed by atoms with van der Waals surface area (Å²) in [4.78, 5) is 56.8. The number of carboxylic acids is 2. The lowest BCUT2D eigenvalue weighted by Crippen LogP contribution is -2.51. The average Bonchev–Trinajstić information content (AvgIpc) is 3.06. The molecule has 0 saturated carbocycles. The largest absolute Gasteiger partial charge is 0.478 e. The molecule has 0 bridgehead atoms. The smallest absolute Gasteiger partial charge is 0.335 e. The van der Waals surface area contributed by atoms with Crippen molar-refractivity contribution >= 4 is 35.9 Å². The van der Waals surface area contributed by atoms with Gasteiger partial charge < -0.3 is 14.6 Å². The van der Waals surface area contributed by atoms with Crippen LogP contribution in [0, 0.1) is 0 Å². The second kappa shape index (κ2) is 6.59. The van der Waals surface area contributed by atoms with Crippen molar-refractivity contribution in [3.05, 3.63) is 52.8 Å². The standard InChI is InChI=1S/C17H10N2O8/c20-13-11(14(21)19-17(26)18-13)6-10-1-2-12(27-10)7-3-8(15(22)23)5-9(4-7)16(24)25/h1-6H,(H,22,23)(H,24,25)(H2,18,19,20,21,26). The molecule has 10 nitrogen and oxygen atoms in total. The van der Waals surface area contributed by atoms with Crippen LogP contribution in [-0.2, 0) is 9.59 Å². The molecule has 4 amide bonds. The number of furan rings is 1. The second-order valence-electron chi connectivity index (χ2n) is 5.41. The molecule has 0 spiro atoms. The molecule has 3 rings (SSSR count). The fourth-order valence-corrected chi connectivity index (χ4v) is 2.35. The Hall–Kier alpha value is -4.21. The summed E-state index contributed by atoms with van der Waals surface area (Å²) in [5.74, 6) is -4.23. The predicted molar refractivity (Wildman–Crippen MR) is 87.7 cm³/mol. The molecule has 0 aliphatic carbocycles. The molecule has 1 saturated heterocycles. The van der Waals surface area contributed by atoms with E-state index >= 15 is 0 Å². The van der Waals surface area contributed by atoms with Crippen LogP contribution in [0.3, 0.4) is 0 Å². The Morgan fingerprint density at radius 3 is 1.96 bits per heavy atom.